The Kier molecular flexibility index (Phi) is 4.58. The Labute approximate surface area is 161 Å². The first-order valence-corrected chi connectivity index (χ1v) is 9.08. The highest BCUT2D eigenvalue weighted by Gasteiger charge is 2.37. The Morgan fingerprint density at radius 3 is 2.78 bits per heavy atom. The molecular formula is C20H17ClN2O4. The van der Waals surface area contributed by atoms with E-state index in [-0.39, 0.29) is 24.8 Å². The summed E-state index contributed by atoms with van der Waals surface area (Å²) >= 11 is 6.16. The van der Waals surface area contributed by atoms with Crippen molar-refractivity contribution in [3.8, 4) is 5.75 Å². The molecule has 7 heteroatoms. The Morgan fingerprint density at radius 2 is 1.96 bits per heavy atom. The predicted octanol–water partition coefficient (Wildman–Crippen LogP) is 3.18. The maximum Gasteiger partial charge on any atom is 0.316 e. The van der Waals surface area contributed by atoms with Crippen molar-refractivity contribution in [2.45, 2.75) is 19.3 Å². The molecule has 0 aromatic heterocycles. The van der Waals surface area contributed by atoms with E-state index in [0.717, 1.165) is 11.3 Å². The molecule has 27 heavy (non-hydrogen) atoms. The van der Waals surface area contributed by atoms with Crippen LogP contribution in [0.3, 0.4) is 0 Å². The third kappa shape index (κ3) is 3.53. The van der Waals surface area contributed by atoms with Crippen LogP contribution in [0, 0.1) is 5.92 Å². The van der Waals surface area contributed by atoms with Gasteiger partial charge in [0.2, 0.25) is 11.8 Å². The number of anilines is 2. The van der Waals surface area contributed by atoms with Crippen LogP contribution in [-0.4, -0.2) is 24.3 Å². The van der Waals surface area contributed by atoms with Crippen LogP contribution in [0.1, 0.15) is 18.4 Å². The van der Waals surface area contributed by atoms with Gasteiger partial charge >= 0.3 is 5.97 Å². The molecule has 0 aliphatic carbocycles. The Hall–Kier alpha value is -2.86. The summed E-state index contributed by atoms with van der Waals surface area (Å²) in [6.45, 7) is 0.238. The molecule has 1 N–H and O–H groups in total. The zero-order valence-electron chi connectivity index (χ0n) is 14.4. The first-order valence-electron chi connectivity index (χ1n) is 8.70. The summed E-state index contributed by atoms with van der Waals surface area (Å²) in [5.74, 6) is -0.754. The first kappa shape index (κ1) is 17.5. The highest BCUT2D eigenvalue weighted by atomic mass is 35.5. The predicted molar refractivity (Wildman–Crippen MR) is 101 cm³/mol. The number of hydrogen-bond acceptors (Lipinski definition) is 4. The zero-order valence-corrected chi connectivity index (χ0v) is 15.2. The van der Waals surface area contributed by atoms with E-state index in [2.05, 4.69) is 5.32 Å². The van der Waals surface area contributed by atoms with Crippen LogP contribution in [0.15, 0.2) is 42.5 Å². The smallest absolute Gasteiger partial charge is 0.316 e. The van der Waals surface area contributed by atoms with Gasteiger partial charge in [-0.15, -0.1) is 0 Å². The molecule has 0 bridgehead atoms. The number of para-hydroxylation sites is 1. The second-order valence-corrected chi connectivity index (χ2v) is 7.05. The minimum Gasteiger partial charge on any atom is -0.426 e. The van der Waals surface area contributed by atoms with Crippen molar-refractivity contribution in [1.82, 2.24) is 0 Å². The van der Waals surface area contributed by atoms with Gasteiger partial charge in [-0.05, 0) is 42.3 Å². The van der Waals surface area contributed by atoms with Crippen molar-refractivity contribution in [2.75, 3.05) is 16.8 Å². The molecule has 2 amide bonds. The number of hydrogen-bond donors (Lipinski definition) is 1. The standard InChI is InChI=1S/C20H17ClN2O4/c21-15-3-1-2-4-17(15)23-11-13(10-19(23)25)20(26)27-14-6-7-16-12(9-14)5-8-18(24)22-16/h1-4,6-7,9,13H,5,8,10-11H2,(H,22,24)/t13-/m1/s1. The molecule has 4 rings (SSSR count). The number of halogens is 1. The van der Waals surface area contributed by atoms with E-state index in [0.29, 0.717) is 29.3 Å². The number of benzene rings is 2. The van der Waals surface area contributed by atoms with Gasteiger partial charge in [0.05, 0.1) is 16.6 Å². The van der Waals surface area contributed by atoms with Gasteiger partial charge in [-0.3, -0.25) is 14.4 Å². The summed E-state index contributed by atoms with van der Waals surface area (Å²) in [4.78, 5) is 37.8. The highest BCUT2D eigenvalue weighted by molar-refractivity contribution is 6.33. The van der Waals surface area contributed by atoms with Crippen molar-refractivity contribution in [2.24, 2.45) is 5.92 Å². The summed E-state index contributed by atoms with van der Waals surface area (Å²) in [5, 5.41) is 3.26. The molecule has 0 unspecified atom stereocenters. The Morgan fingerprint density at radius 1 is 1.15 bits per heavy atom. The van der Waals surface area contributed by atoms with E-state index in [1.54, 1.807) is 42.5 Å². The lowest BCUT2D eigenvalue weighted by Crippen LogP contribution is -2.27. The van der Waals surface area contributed by atoms with Gasteiger partial charge in [-0.2, -0.15) is 0 Å². The van der Waals surface area contributed by atoms with E-state index in [4.69, 9.17) is 16.3 Å². The van der Waals surface area contributed by atoms with Gasteiger partial charge in [-0.25, -0.2) is 0 Å². The third-order valence-electron chi connectivity index (χ3n) is 4.79. The second kappa shape index (κ2) is 7.04. The summed E-state index contributed by atoms with van der Waals surface area (Å²) < 4.78 is 5.49. The topological polar surface area (TPSA) is 75.7 Å². The van der Waals surface area contributed by atoms with E-state index in [9.17, 15) is 14.4 Å². The Balaban J connectivity index is 1.46. The third-order valence-corrected chi connectivity index (χ3v) is 5.11. The minimum atomic E-state index is -0.551. The van der Waals surface area contributed by atoms with Gasteiger partial charge in [0.25, 0.3) is 0 Å². The van der Waals surface area contributed by atoms with Crippen molar-refractivity contribution in [3.05, 3.63) is 53.1 Å². The average Bonchev–Trinajstić information content (AvgIpc) is 3.04. The second-order valence-electron chi connectivity index (χ2n) is 6.65. The van der Waals surface area contributed by atoms with Gasteiger partial charge in [0.1, 0.15) is 5.75 Å². The lowest BCUT2D eigenvalue weighted by atomic mass is 10.0. The number of amides is 2. The van der Waals surface area contributed by atoms with Gasteiger partial charge in [0, 0.05) is 25.1 Å². The van der Waals surface area contributed by atoms with Crippen LogP contribution in [-0.2, 0) is 20.8 Å². The van der Waals surface area contributed by atoms with Crippen molar-refractivity contribution in [1.29, 1.82) is 0 Å². The fourth-order valence-corrected chi connectivity index (χ4v) is 3.63. The van der Waals surface area contributed by atoms with E-state index < -0.39 is 11.9 Å². The number of carbonyl (C=O) groups is 3. The minimum absolute atomic E-state index is 0.0172. The quantitative estimate of drug-likeness (QED) is 0.651. The van der Waals surface area contributed by atoms with Crippen LogP contribution < -0.4 is 15.0 Å². The van der Waals surface area contributed by atoms with E-state index >= 15 is 0 Å². The van der Waals surface area contributed by atoms with Crippen LogP contribution in [0.2, 0.25) is 5.02 Å². The molecule has 6 nitrogen and oxygen atoms in total. The molecule has 1 saturated heterocycles. The molecule has 0 saturated carbocycles. The molecule has 2 aliphatic rings. The Bertz CT molecular complexity index is 943. The maximum absolute atomic E-state index is 12.5. The number of nitrogens with zero attached hydrogens (tertiary/aromatic N) is 1. The van der Waals surface area contributed by atoms with Crippen molar-refractivity contribution >= 4 is 40.8 Å². The number of ether oxygens (including phenoxy) is 1. The SMILES string of the molecule is O=C1CCc2cc(OC(=O)[C@@H]3CC(=O)N(c4ccccc4Cl)C3)ccc2N1. The molecule has 2 aromatic rings. The van der Waals surface area contributed by atoms with Gasteiger partial charge in [0.15, 0.2) is 0 Å². The molecule has 1 fully saturated rings. The monoisotopic (exact) mass is 384 g/mol. The van der Waals surface area contributed by atoms with E-state index in [1.807, 2.05) is 0 Å². The number of rotatable bonds is 3. The van der Waals surface area contributed by atoms with Crippen LogP contribution >= 0.6 is 11.6 Å². The van der Waals surface area contributed by atoms with Gasteiger partial charge in [-0.1, -0.05) is 23.7 Å². The average molecular weight is 385 g/mol. The zero-order chi connectivity index (χ0) is 19.0. The number of esters is 1. The van der Waals surface area contributed by atoms with Crippen LogP contribution in [0.25, 0.3) is 0 Å². The molecule has 138 valence electrons. The van der Waals surface area contributed by atoms with Gasteiger partial charge < -0.3 is 15.0 Å². The highest BCUT2D eigenvalue weighted by Crippen LogP contribution is 2.32. The molecule has 2 heterocycles. The number of carbonyl (C=O) groups excluding carboxylic acids is 3. The fourth-order valence-electron chi connectivity index (χ4n) is 3.39. The summed E-state index contributed by atoms with van der Waals surface area (Å²) in [6.07, 6.45) is 1.11. The van der Waals surface area contributed by atoms with Crippen LogP contribution in [0.5, 0.6) is 5.75 Å². The first-order chi connectivity index (χ1) is 13.0. The largest absolute Gasteiger partial charge is 0.426 e. The molecule has 1 atom stereocenters. The number of nitrogens with one attached hydrogen (secondary N) is 1. The summed E-state index contributed by atoms with van der Waals surface area (Å²) in [6, 6.07) is 12.2. The normalized spacial score (nSPS) is 18.9. The molecule has 2 aliphatic heterocycles. The van der Waals surface area contributed by atoms with Crippen molar-refractivity contribution in [3.63, 3.8) is 0 Å². The lowest BCUT2D eigenvalue weighted by molar-refractivity contribution is -0.139. The lowest BCUT2D eigenvalue weighted by Gasteiger charge is -2.19. The van der Waals surface area contributed by atoms with Crippen molar-refractivity contribution < 1.29 is 19.1 Å². The summed E-state index contributed by atoms with van der Waals surface area (Å²) in [5.41, 5.74) is 2.27. The maximum atomic E-state index is 12.5. The van der Waals surface area contributed by atoms with Crippen LogP contribution in [0.4, 0.5) is 11.4 Å². The van der Waals surface area contributed by atoms with E-state index in [1.165, 1.54) is 4.90 Å². The molecule has 0 spiro atoms. The number of fused-ring (bicyclic) bond motifs is 1. The number of aryl methyl sites for hydroxylation is 1. The molecular weight excluding hydrogens is 368 g/mol. The fraction of sp³-hybridized carbons (Fsp3) is 0.250. The summed E-state index contributed by atoms with van der Waals surface area (Å²) in [7, 11) is 0. The molecule has 2 aromatic carbocycles. The molecule has 0 radical (unpaired) electrons.